The second-order valence-corrected chi connectivity index (χ2v) is 3.91. The van der Waals surface area contributed by atoms with Gasteiger partial charge in [0.25, 0.3) is 0 Å². The SMILES string of the molecule is CCC(CC)c1cccc(/C(C=N)=C/N)c1. The number of rotatable bonds is 5. The molecule has 86 valence electrons. The van der Waals surface area contributed by atoms with E-state index in [0.717, 1.165) is 24.0 Å². The minimum Gasteiger partial charge on any atom is -0.404 e. The highest BCUT2D eigenvalue weighted by Crippen LogP contribution is 2.25. The summed E-state index contributed by atoms with van der Waals surface area (Å²) in [4.78, 5) is 0. The van der Waals surface area contributed by atoms with Crippen molar-refractivity contribution in [3.63, 3.8) is 0 Å². The molecule has 1 aromatic carbocycles. The van der Waals surface area contributed by atoms with Crippen molar-refractivity contribution >= 4 is 11.8 Å². The van der Waals surface area contributed by atoms with Crippen molar-refractivity contribution in [3.8, 4) is 0 Å². The van der Waals surface area contributed by atoms with E-state index in [1.807, 2.05) is 12.1 Å². The van der Waals surface area contributed by atoms with Crippen LogP contribution in [0.1, 0.15) is 43.7 Å². The van der Waals surface area contributed by atoms with E-state index in [-0.39, 0.29) is 0 Å². The zero-order chi connectivity index (χ0) is 12.0. The van der Waals surface area contributed by atoms with Gasteiger partial charge in [0, 0.05) is 18.0 Å². The molecule has 2 heteroatoms. The van der Waals surface area contributed by atoms with Crippen LogP contribution in [0, 0.1) is 5.41 Å². The van der Waals surface area contributed by atoms with E-state index in [1.54, 1.807) is 0 Å². The highest BCUT2D eigenvalue weighted by molar-refractivity contribution is 6.08. The van der Waals surface area contributed by atoms with Crippen LogP contribution >= 0.6 is 0 Å². The van der Waals surface area contributed by atoms with Gasteiger partial charge in [-0.2, -0.15) is 0 Å². The van der Waals surface area contributed by atoms with Gasteiger partial charge in [-0.25, -0.2) is 0 Å². The van der Waals surface area contributed by atoms with Gasteiger partial charge in [0.2, 0.25) is 0 Å². The van der Waals surface area contributed by atoms with Crippen LogP contribution < -0.4 is 5.73 Å². The van der Waals surface area contributed by atoms with Crippen LogP contribution in [0.4, 0.5) is 0 Å². The van der Waals surface area contributed by atoms with Gasteiger partial charge in [-0.1, -0.05) is 38.1 Å². The zero-order valence-electron chi connectivity index (χ0n) is 10.0. The maximum absolute atomic E-state index is 7.29. The van der Waals surface area contributed by atoms with Gasteiger partial charge in [0.1, 0.15) is 0 Å². The Kier molecular flexibility index (Phi) is 4.77. The average Bonchev–Trinajstić information content (AvgIpc) is 2.33. The van der Waals surface area contributed by atoms with Crippen LogP contribution in [0.3, 0.4) is 0 Å². The van der Waals surface area contributed by atoms with Crippen LogP contribution in [0.2, 0.25) is 0 Å². The summed E-state index contributed by atoms with van der Waals surface area (Å²) in [5.41, 5.74) is 8.63. The molecule has 0 aliphatic heterocycles. The lowest BCUT2D eigenvalue weighted by Gasteiger charge is -2.14. The van der Waals surface area contributed by atoms with Crippen LogP contribution in [0.5, 0.6) is 0 Å². The molecule has 0 radical (unpaired) electrons. The Morgan fingerprint density at radius 3 is 2.56 bits per heavy atom. The Morgan fingerprint density at radius 1 is 1.38 bits per heavy atom. The fourth-order valence-electron chi connectivity index (χ4n) is 1.96. The molecule has 0 saturated heterocycles. The Hall–Kier alpha value is -1.57. The number of hydrogen-bond donors (Lipinski definition) is 2. The highest BCUT2D eigenvalue weighted by atomic mass is 14.5. The van der Waals surface area contributed by atoms with Crippen molar-refractivity contribution in [1.82, 2.24) is 0 Å². The van der Waals surface area contributed by atoms with Gasteiger partial charge in [-0.15, -0.1) is 0 Å². The largest absolute Gasteiger partial charge is 0.404 e. The van der Waals surface area contributed by atoms with Gasteiger partial charge in [-0.05, 0) is 29.9 Å². The van der Waals surface area contributed by atoms with Crippen molar-refractivity contribution in [2.45, 2.75) is 32.6 Å². The van der Waals surface area contributed by atoms with Crippen LogP contribution in [-0.4, -0.2) is 6.21 Å². The van der Waals surface area contributed by atoms with Gasteiger partial charge in [0.15, 0.2) is 0 Å². The summed E-state index contributed by atoms with van der Waals surface area (Å²) >= 11 is 0. The Labute approximate surface area is 97.7 Å². The molecule has 2 nitrogen and oxygen atoms in total. The molecule has 0 amide bonds. The lowest BCUT2D eigenvalue weighted by molar-refractivity contribution is 0.642. The minimum atomic E-state index is 0.602. The Bertz CT molecular complexity index is 376. The summed E-state index contributed by atoms with van der Waals surface area (Å²) in [5.74, 6) is 0.602. The van der Waals surface area contributed by atoms with E-state index in [0.29, 0.717) is 5.92 Å². The first kappa shape index (κ1) is 12.5. The molecule has 0 aliphatic rings. The van der Waals surface area contributed by atoms with Gasteiger partial charge in [0.05, 0.1) is 0 Å². The fourth-order valence-corrected chi connectivity index (χ4v) is 1.96. The minimum absolute atomic E-state index is 0.602. The van der Waals surface area contributed by atoms with Gasteiger partial charge < -0.3 is 11.1 Å². The average molecular weight is 216 g/mol. The molecule has 0 spiro atoms. The second kappa shape index (κ2) is 6.11. The van der Waals surface area contributed by atoms with Crippen molar-refractivity contribution < 1.29 is 0 Å². The van der Waals surface area contributed by atoms with E-state index >= 15 is 0 Å². The Balaban J connectivity index is 3.07. The van der Waals surface area contributed by atoms with E-state index in [9.17, 15) is 0 Å². The molecular formula is C14H20N2. The second-order valence-electron chi connectivity index (χ2n) is 3.91. The molecule has 0 unspecified atom stereocenters. The molecular weight excluding hydrogens is 196 g/mol. The smallest absolute Gasteiger partial charge is 0.0270 e. The van der Waals surface area contributed by atoms with Crippen LogP contribution in [0.25, 0.3) is 5.57 Å². The molecule has 1 aromatic rings. The van der Waals surface area contributed by atoms with Crippen LogP contribution in [-0.2, 0) is 0 Å². The quantitative estimate of drug-likeness (QED) is 0.727. The Morgan fingerprint density at radius 2 is 2.06 bits per heavy atom. The predicted octanol–water partition coefficient (Wildman–Crippen LogP) is 3.54. The normalized spacial score (nSPS) is 11.8. The molecule has 0 aliphatic carbocycles. The third kappa shape index (κ3) is 2.72. The topological polar surface area (TPSA) is 49.9 Å². The maximum Gasteiger partial charge on any atom is 0.0270 e. The summed E-state index contributed by atoms with van der Waals surface area (Å²) in [6, 6.07) is 8.33. The molecule has 0 atom stereocenters. The van der Waals surface area contributed by atoms with Gasteiger partial charge >= 0.3 is 0 Å². The standard InChI is InChI=1S/C14H20N2/c1-3-11(4-2)12-6-5-7-13(8-12)14(9-15)10-16/h5-11,15H,3-4,16H2,1-2H3/b14-10+,15-9?. The van der Waals surface area contributed by atoms with E-state index in [2.05, 4.69) is 26.0 Å². The van der Waals surface area contributed by atoms with Crippen LogP contribution in [0.15, 0.2) is 30.5 Å². The summed E-state index contributed by atoms with van der Waals surface area (Å²) in [7, 11) is 0. The van der Waals surface area contributed by atoms with E-state index in [1.165, 1.54) is 18.0 Å². The monoisotopic (exact) mass is 216 g/mol. The molecule has 0 bridgehead atoms. The number of hydrogen-bond acceptors (Lipinski definition) is 2. The highest BCUT2D eigenvalue weighted by Gasteiger charge is 2.07. The number of benzene rings is 1. The molecule has 16 heavy (non-hydrogen) atoms. The van der Waals surface area contributed by atoms with E-state index in [4.69, 9.17) is 11.1 Å². The molecule has 0 aromatic heterocycles. The summed E-state index contributed by atoms with van der Waals surface area (Å²) < 4.78 is 0. The molecule has 1 rings (SSSR count). The van der Waals surface area contributed by atoms with E-state index < -0.39 is 0 Å². The summed E-state index contributed by atoms with van der Waals surface area (Å²) in [6.07, 6.45) is 5.07. The molecule has 0 fully saturated rings. The third-order valence-electron chi connectivity index (χ3n) is 3.01. The van der Waals surface area contributed by atoms with Crippen molar-refractivity contribution in [2.75, 3.05) is 0 Å². The molecule has 0 heterocycles. The summed E-state index contributed by atoms with van der Waals surface area (Å²) in [6.45, 7) is 4.41. The van der Waals surface area contributed by atoms with Crippen molar-refractivity contribution in [2.24, 2.45) is 5.73 Å². The first-order valence-corrected chi connectivity index (χ1v) is 5.79. The zero-order valence-corrected chi connectivity index (χ0v) is 10.0. The fraction of sp³-hybridized carbons (Fsp3) is 0.357. The predicted molar refractivity (Wildman–Crippen MR) is 70.7 cm³/mol. The number of nitrogens with one attached hydrogen (secondary N) is 1. The maximum atomic E-state index is 7.29. The number of allylic oxidation sites excluding steroid dienone is 1. The first-order valence-electron chi connectivity index (χ1n) is 5.79. The molecule has 3 N–H and O–H groups in total. The summed E-state index contributed by atoms with van der Waals surface area (Å²) in [5, 5.41) is 7.29. The lowest BCUT2D eigenvalue weighted by Crippen LogP contribution is -1.97. The van der Waals surface area contributed by atoms with Crippen molar-refractivity contribution in [3.05, 3.63) is 41.6 Å². The lowest BCUT2D eigenvalue weighted by atomic mass is 9.91. The first-order chi connectivity index (χ1) is 7.76. The number of nitrogens with two attached hydrogens (primary N) is 1. The molecule has 0 saturated carbocycles. The third-order valence-corrected chi connectivity index (χ3v) is 3.01. The van der Waals surface area contributed by atoms with Gasteiger partial charge in [-0.3, -0.25) is 0 Å². The van der Waals surface area contributed by atoms with Crippen molar-refractivity contribution in [1.29, 1.82) is 5.41 Å².